The van der Waals surface area contributed by atoms with Gasteiger partial charge in [-0.05, 0) is 55.3 Å². The molecule has 35 heavy (non-hydrogen) atoms. The summed E-state index contributed by atoms with van der Waals surface area (Å²) in [6.45, 7) is 0. The van der Waals surface area contributed by atoms with Crippen molar-refractivity contribution < 1.29 is 14.4 Å². The molecule has 3 aromatic rings. The first-order valence-electron chi connectivity index (χ1n) is 10.8. The number of H-pyrrole nitrogens is 1. The largest absolute Gasteiger partial charge is 0.342 e. The van der Waals surface area contributed by atoms with E-state index in [9.17, 15) is 14.4 Å². The molecule has 3 amide bonds. The molecule has 176 valence electrons. The fourth-order valence-electron chi connectivity index (χ4n) is 3.68. The van der Waals surface area contributed by atoms with E-state index in [1.807, 2.05) is 18.2 Å². The topological polar surface area (TPSA) is 140 Å². The predicted molar refractivity (Wildman–Crippen MR) is 132 cm³/mol. The molecule has 2 bridgehead atoms. The Hall–Kier alpha value is -4.42. The third-order valence-electron chi connectivity index (χ3n) is 5.44. The Bertz CT molecular complexity index is 1340. The van der Waals surface area contributed by atoms with E-state index in [1.165, 1.54) is 0 Å². The van der Waals surface area contributed by atoms with E-state index >= 15 is 0 Å². The van der Waals surface area contributed by atoms with Crippen LogP contribution < -0.4 is 16.0 Å². The molecule has 4 rings (SSSR count). The number of nitrogens with zero attached hydrogens (tertiary/aromatic N) is 2. The lowest BCUT2D eigenvalue weighted by atomic mass is 10.1. The maximum Gasteiger partial charge on any atom is 0.251 e. The van der Waals surface area contributed by atoms with E-state index in [-0.39, 0.29) is 23.4 Å². The maximum absolute atomic E-state index is 12.9. The van der Waals surface area contributed by atoms with Gasteiger partial charge in [0.2, 0.25) is 12.3 Å². The van der Waals surface area contributed by atoms with Crippen molar-refractivity contribution in [2.75, 3.05) is 10.6 Å². The van der Waals surface area contributed by atoms with Gasteiger partial charge in [0.25, 0.3) is 5.91 Å². The summed E-state index contributed by atoms with van der Waals surface area (Å²) < 4.78 is 0. The molecule has 9 nitrogen and oxygen atoms in total. The third kappa shape index (κ3) is 5.57. The Balaban J connectivity index is 1.71. The predicted octanol–water partition coefficient (Wildman–Crippen LogP) is 4.32. The number of hydrogen-bond acceptors (Lipinski definition) is 5. The number of allylic oxidation sites excluding steroid dienone is 1. The second kappa shape index (κ2) is 10.7. The van der Waals surface area contributed by atoms with Crippen LogP contribution in [-0.4, -0.2) is 28.2 Å². The van der Waals surface area contributed by atoms with Gasteiger partial charge in [0.05, 0.1) is 23.4 Å². The fourth-order valence-corrected chi connectivity index (χ4v) is 3.92. The number of halogens is 1. The van der Waals surface area contributed by atoms with Crippen molar-refractivity contribution in [3.63, 3.8) is 0 Å². The van der Waals surface area contributed by atoms with Crippen LogP contribution in [0.5, 0.6) is 0 Å². The molecule has 0 saturated carbocycles. The highest BCUT2D eigenvalue weighted by atomic mass is 35.5. The van der Waals surface area contributed by atoms with Crippen LogP contribution in [-0.2, 0) is 9.59 Å². The average Bonchev–Trinajstić information content (AvgIpc) is 3.24. The molecule has 4 N–H and O–H groups in total. The Kier molecular flexibility index (Phi) is 7.24. The van der Waals surface area contributed by atoms with Crippen LogP contribution in [0.25, 0.3) is 11.3 Å². The number of imidazole rings is 1. The highest BCUT2D eigenvalue weighted by molar-refractivity contribution is 6.32. The molecule has 1 unspecified atom stereocenters. The second-order valence-corrected chi connectivity index (χ2v) is 8.19. The fraction of sp³-hybridized carbons (Fsp3) is 0.160. The van der Waals surface area contributed by atoms with E-state index in [0.717, 1.165) is 0 Å². The Morgan fingerprint density at radius 3 is 2.74 bits per heavy atom. The molecule has 0 saturated heterocycles. The molecule has 1 aliphatic heterocycles. The minimum atomic E-state index is -0.524. The zero-order valence-electron chi connectivity index (χ0n) is 18.5. The van der Waals surface area contributed by atoms with Gasteiger partial charge in [-0.3, -0.25) is 14.4 Å². The molecule has 0 spiro atoms. The van der Waals surface area contributed by atoms with Gasteiger partial charge in [-0.25, -0.2) is 4.98 Å². The zero-order valence-corrected chi connectivity index (χ0v) is 19.2. The number of anilines is 2. The van der Waals surface area contributed by atoms with Crippen molar-refractivity contribution in [1.29, 1.82) is 5.26 Å². The molecule has 0 fully saturated rings. The first kappa shape index (κ1) is 23.7. The number of amides is 3. The van der Waals surface area contributed by atoms with Gasteiger partial charge in [0.15, 0.2) is 0 Å². The first-order chi connectivity index (χ1) is 17.0. The van der Waals surface area contributed by atoms with E-state index in [0.29, 0.717) is 58.8 Å². The Morgan fingerprint density at radius 2 is 2.00 bits per heavy atom. The van der Waals surface area contributed by atoms with Crippen LogP contribution in [0.1, 0.15) is 47.1 Å². The molecule has 10 heteroatoms. The van der Waals surface area contributed by atoms with Crippen molar-refractivity contribution >= 4 is 41.2 Å². The minimum Gasteiger partial charge on any atom is -0.342 e. The summed E-state index contributed by atoms with van der Waals surface area (Å²) in [4.78, 5) is 44.0. The van der Waals surface area contributed by atoms with Crippen molar-refractivity contribution in [2.45, 2.75) is 25.3 Å². The molecule has 1 aromatic heterocycles. The third-order valence-corrected chi connectivity index (χ3v) is 5.71. The lowest BCUT2D eigenvalue weighted by molar-refractivity contribution is -0.116. The number of fused-ring (bicyclic) bond motifs is 4. The van der Waals surface area contributed by atoms with Gasteiger partial charge in [0, 0.05) is 23.2 Å². The van der Waals surface area contributed by atoms with Crippen LogP contribution in [0.3, 0.4) is 0 Å². The van der Waals surface area contributed by atoms with Crippen molar-refractivity contribution in [3.8, 4) is 17.3 Å². The molecule has 2 heterocycles. The summed E-state index contributed by atoms with van der Waals surface area (Å²) in [6, 6.07) is 12.8. The monoisotopic (exact) mass is 488 g/mol. The van der Waals surface area contributed by atoms with Crippen LogP contribution in [0.2, 0.25) is 5.15 Å². The number of aromatic amines is 1. The maximum atomic E-state index is 12.9. The SMILES string of the molecule is N#Cc1ccc(C(=O)NC2C/C=C/CCC(=O)Nc3cc(NC=O)ccc3-c3nc2[nH]c3Cl)cc1. The molecule has 0 radical (unpaired) electrons. The second-order valence-electron chi connectivity index (χ2n) is 7.82. The Morgan fingerprint density at radius 1 is 1.20 bits per heavy atom. The zero-order chi connectivity index (χ0) is 24.8. The number of hydrogen-bond donors (Lipinski definition) is 4. The van der Waals surface area contributed by atoms with Gasteiger partial charge in [-0.1, -0.05) is 23.8 Å². The number of rotatable bonds is 4. The molecule has 1 atom stereocenters. The lowest BCUT2D eigenvalue weighted by Crippen LogP contribution is -2.29. The number of nitriles is 1. The van der Waals surface area contributed by atoms with Crippen molar-refractivity contribution in [3.05, 3.63) is 76.7 Å². The summed E-state index contributed by atoms with van der Waals surface area (Å²) in [5.41, 5.74) is 2.78. The average molecular weight is 489 g/mol. The number of carbonyl (C=O) groups excluding carboxylic acids is 3. The molecule has 1 aliphatic rings. The Labute approximate surface area is 206 Å². The summed E-state index contributed by atoms with van der Waals surface area (Å²) in [7, 11) is 0. The number of aromatic nitrogens is 2. The van der Waals surface area contributed by atoms with E-state index in [4.69, 9.17) is 16.9 Å². The normalized spacial score (nSPS) is 16.2. The summed E-state index contributed by atoms with van der Waals surface area (Å²) in [6.07, 6.45) is 5.48. The summed E-state index contributed by atoms with van der Waals surface area (Å²) >= 11 is 6.50. The van der Waals surface area contributed by atoms with Crippen LogP contribution in [0.4, 0.5) is 11.4 Å². The number of benzene rings is 2. The smallest absolute Gasteiger partial charge is 0.251 e. The van der Waals surface area contributed by atoms with Crippen LogP contribution in [0, 0.1) is 11.3 Å². The summed E-state index contributed by atoms with van der Waals surface area (Å²) in [5, 5.41) is 17.6. The molecule has 2 aromatic carbocycles. The molecular weight excluding hydrogens is 468 g/mol. The van der Waals surface area contributed by atoms with Gasteiger partial charge >= 0.3 is 0 Å². The van der Waals surface area contributed by atoms with E-state index in [2.05, 4.69) is 25.9 Å². The van der Waals surface area contributed by atoms with Gasteiger partial charge in [-0.2, -0.15) is 5.26 Å². The highest BCUT2D eigenvalue weighted by Crippen LogP contribution is 2.35. The quantitative estimate of drug-likeness (QED) is 0.320. The van der Waals surface area contributed by atoms with Crippen molar-refractivity contribution in [1.82, 2.24) is 15.3 Å². The highest BCUT2D eigenvalue weighted by Gasteiger charge is 2.23. The van der Waals surface area contributed by atoms with Gasteiger partial charge in [-0.15, -0.1) is 0 Å². The van der Waals surface area contributed by atoms with E-state index < -0.39 is 6.04 Å². The molecule has 0 aliphatic carbocycles. The van der Waals surface area contributed by atoms with Crippen LogP contribution in [0.15, 0.2) is 54.6 Å². The first-order valence-corrected chi connectivity index (χ1v) is 11.2. The van der Waals surface area contributed by atoms with Crippen molar-refractivity contribution in [2.24, 2.45) is 0 Å². The number of nitrogens with one attached hydrogen (secondary N) is 4. The minimum absolute atomic E-state index is 0.198. The molecular formula is C25H21ClN6O3. The van der Waals surface area contributed by atoms with Gasteiger partial charge < -0.3 is 20.9 Å². The van der Waals surface area contributed by atoms with Gasteiger partial charge in [0.1, 0.15) is 16.7 Å². The standard InChI is InChI=1S/C25H21ClN6O3/c26-23-22-18-11-10-17(28-14-33)12-20(18)29-21(34)5-3-1-2-4-19(24(31-22)32-23)30-25(35)16-8-6-15(13-27)7-9-16/h1-2,6-12,14,19H,3-5H2,(H,28,33)(H,29,34)(H,30,35)(H,31,32)/b2-1+. The number of carbonyl (C=O) groups is 3. The lowest BCUT2D eigenvalue weighted by Gasteiger charge is -2.15. The van der Waals surface area contributed by atoms with E-state index in [1.54, 1.807) is 42.5 Å². The summed E-state index contributed by atoms with van der Waals surface area (Å²) in [5.74, 6) is -0.0766. The van der Waals surface area contributed by atoms with Crippen LogP contribution >= 0.6 is 11.6 Å².